The average Bonchev–Trinajstić information content (AvgIpc) is 1.68. The fourth-order valence-electron chi connectivity index (χ4n) is 0.220. The zero-order chi connectivity index (χ0) is 5.70. The van der Waals surface area contributed by atoms with E-state index < -0.39 is 0 Å². The molecule has 42 valence electrons. The third kappa shape index (κ3) is 3.48. The lowest BCUT2D eigenvalue weighted by Gasteiger charge is -1.92. The standard InChI is InChI=1S/C3H9NO2Si/c4-2-1-3(5)6-7/h1-2,4H2,7H3. The zero-order valence-corrected chi connectivity index (χ0v) is 6.31. The maximum absolute atomic E-state index is 10.1. The van der Waals surface area contributed by atoms with Gasteiger partial charge in [0.2, 0.25) is 10.5 Å². The second-order valence-electron chi connectivity index (χ2n) is 1.11. The Morgan fingerprint density at radius 1 is 1.86 bits per heavy atom. The summed E-state index contributed by atoms with van der Waals surface area (Å²) in [7, 11) is 0.482. The average molecular weight is 119 g/mol. The van der Waals surface area contributed by atoms with Gasteiger partial charge in [-0.15, -0.1) is 0 Å². The highest BCUT2D eigenvalue weighted by molar-refractivity contribution is 6.05. The summed E-state index contributed by atoms with van der Waals surface area (Å²) < 4.78 is 4.41. The Kier molecular flexibility index (Phi) is 3.63. The number of hydrogen-bond acceptors (Lipinski definition) is 3. The minimum atomic E-state index is -0.186. The minimum absolute atomic E-state index is 0.186. The summed E-state index contributed by atoms with van der Waals surface area (Å²) in [5, 5.41) is 0. The van der Waals surface area contributed by atoms with Crippen molar-refractivity contribution in [3.63, 3.8) is 0 Å². The molecule has 0 saturated carbocycles. The molecule has 0 amide bonds. The van der Waals surface area contributed by atoms with E-state index in [2.05, 4.69) is 4.43 Å². The van der Waals surface area contributed by atoms with Gasteiger partial charge in [-0.1, -0.05) is 0 Å². The molecule has 0 aliphatic heterocycles. The van der Waals surface area contributed by atoms with Gasteiger partial charge in [-0.2, -0.15) is 0 Å². The molecule has 0 rings (SSSR count). The van der Waals surface area contributed by atoms with Crippen LogP contribution in [0.2, 0.25) is 0 Å². The normalized spacial score (nSPS) is 8.71. The SMILES string of the molecule is NCCC(=O)O[SiH3]. The van der Waals surface area contributed by atoms with Crippen LogP contribution >= 0.6 is 0 Å². The summed E-state index contributed by atoms with van der Waals surface area (Å²) in [5.74, 6) is -0.186. The molecule has 0 unspecified atom stereocenters. The van der Waals surface area contributed by atoms with Crippen LogP contribution in [0.1, 0.15) is 6.42 Å². The maximum Gasteiger partial charge on any atom is 0.293 e. The van der Waals surface area contributed by atoms with Gasteiger partial charge in [-0.05, 0) is 0 Å². The van der Waals surface area contributed by atoms with Crippen LogP contribution in [0, 0.1) is 0 Å². The Bertz CT molecular complexity index is 66.0. The minimum Gasteiger partial charge on any atom is -0.529 e. The molecule has 0 aliphatic rings. The van der Waals surface area contributed by atoms with E-state index in [1.54, 1.807) is 0 Å². The summed E-state index contributed by atoms with van der Waals surface area (Å²) in [4.78, 5) is 10.1. The molecule has 0 aromatic heterocycles. The number of nitrogens with two attached hydrogens (primary N) is 1. The first-order chi connectivity index (χ1) is 3.31. The molecule has 0 saturated heterocycles. The van der Waals surface area contributed by atoms with Gasteiger partial charge >= 0.3 is 0 Å². The number of rotatable bonds is 2. The molecular weight excluding hydrogens is 110 g/mol. The Balaban J connectivity index is 3.00. The van der Waals surface area contributed by atoms with E-state index in [0.29, 0.717) is 23.5 Å². The van der Waals surface area contributed by atoms with Crippen LogP contribution in [0.5, 0.6) is 0 Å². The summed E-state index contributed by atoms with van der Waals surface area (Å²) in [6.07, 6.45) is 0.351. The van der Waals surface area contributed by atoms with Crippen LogP contribution in [-0.4, -0.2) is 23.0 Å². The Labute approximate surface area is 45.4 Å². The van der Waals surface area contributed by atoms with Crippen LogP contribution in [0.15, 0.2) is 0 Å². The number of hydrogen-bond donors (Lipinski definition) is 1. The third-order valence-corrected chi connectivity index (χ3v) is 1.03. The van der Waals surface area contributed by atoms with Crippen molar-refractivity contribution in [2.24, 2.45) is 5.73 Å². The molecule has 0 aromatic rings. The Hall–Kier alpha value is -0.353. The lowest BCUT2D eigenvalue weighted by atomic mass is 10.5. The lowest BCUT2D eigenvalue weighted by Crippen LogP contribution is -2.09. The highest BCUT2D eigenvalue weighted by Crippen LogP contribution is 1.75. The number of carbonyl (C=O) groups is 1. The molecule has 0 fully saturated rings. The first kappa shape index (κ1) is 6.65. The third-order valence-electron chi connectivity index (χ3n) is 0.576. The molecule has 2 N–H and O–H groups in total. The fourth-order valence-corrected chi connectivity index (χ4v) is 0.424. The van der Waals surface area contributed by atoms with E-state index in [0.717, 1.165) is 0 Å². The van der Waals surface area contributed by atoms with Crippen molar-refractivity contribution in [3.05, 3.63) is 0 Å². The first-order valence-corrected chi connectivity index (χ1v) is 2.89. The van der Waals surface area contributed by atoms with Crippen LogP contribution in [0.25, 0.3) is 0 Å². The van der Waals surface area contributed by atoms with Crippen LogP contribution in [0.3, 0.4) is 0 Å². The van der Waals surface area contributed by atoms with Crippen molar-refractivity contribution in [2.45, 2.75) is 6.42 Å². The van der Waals surface area contributed by atoms with Gasteiger partial charge in [0.25, 0.3) is 5.97 Å². The molecule has 0 aliphatic carbocycles. The first-order valence-electron chi connectivity index (χ1n) is 2.08. The van der Waals surface area contributed by atoms with E-state index in [1.807, 2.05) is 0 Å². The molecule has 0 spiro atoms. The largest absolute Gasteiger partial charge is 0.529 e. The van der Waals surface area contributed by atoms with Crippen molar-refractivity contribution in [1.29, 1.82) is 0 Å². The molecule has 0 aromatic carbocycles. The fraction of sp³-hybridized carbons (Fsp3) is 0.667. The molecule has 0 atom stereocenters. The molecule has 4 heteroatoms. The van der Waals surface area contributed by atoms with Gasteiger partial charge in [0.15, 0.2) is 0 Å². The highest BCUT2D eigenvalue weighted by atomic mass is 28.2. The smallest absolute Gasteiger partial charge is 0.293 e. The highest BCUT2D eigenvalue weighted by Gasteiger charge is 1.92. The second-order valence-corrected chi connectivity index (χ2v) is 1.52. The van der Waals surface area contributed by atoms with Crippen LogP contribution in [-0.2, 0) is 9.22 Å². The van der Waals surface area contributed by atoms with Crippen molar-refractivity contribution < 1.29 is 9.22 Å². The van der Waals surface area contributed by atoms with Gasteiger partial charge in [0.05, 0.1) is 6.42 Å². The van der Waals surface area contributed by atoms with Gasteiger partial charge in [-0.3, -0.25) is 4.79 Å². The summed E-state index contributed by atoms with van der Waals surface area (Å²) in [6.45, 7) is 0.390. The van der Waals surface area contributed by atoms with Crippen LogP contribution in [0.4, 0.5) is 0 Å². The molecule has 0 heterocycles. The molecule has 0 radical (unpaired) electrons. The monoisotopic (exact) mass is 119 g/mol. The van der Waals surface area contributed by atoms with E-state index in [4.69, 9.17) is 5.73 Å². The van der Waals surface area contributed by atoms with Gasteiger partial charge in [0.1, 0.15) is 0 Å². The van der Waals surface area contributed by atoms with Crippen molar-refractivity contribution >= 4 is 16.5 Å². The van der Waals surface area contributed by atoms with Gasteiger partial charge < -0.3 is 10.2 Å². The topological polar surface area (TPSA) is 52.3 Å². The van der Waals surface area contributed by atoms with Crippen molar-refractivity contribution in [3.8, 4) is 0 Å². The van der Waals surface area contributed by atoms with Crippen LogP contribution < -0.4 is 5.73 Å². The number of carbonyl (C=O) groups excluding carboxylic acids is 1. The second kappa shape index (κ2) is 3.82. The molecule has 7 heavy (non-hydrogen) atoms. The van der Waals surface area contributed by atoms with E-state index in [-0.39, 0.29) is 5.97 Å². The van der Waals surface area contributed by atoms with E-state index in [9.17, 15) is 4.79 Å². The lowest BCUT2D eigenvalue weighted by molar-refractivity contribution is -0.133. The van der Waals surface area contributed by atoms with Gasteiger partial charge in [0, 0.05) is 6.54 Å². The Morgan fingerprint density at radius 3 is 2.57 bits per heavy atom. The summed E-state index contributed by atoms with van der Waals surface area (Å²) in [6, 6.07) is 0. The van der Waals surface area contributed by atoms with Gasteiger partial charge in [-0.25, -0.2) is 0 Å². The zero-order valence-electron chi connectivity index (χ0n) is 4.31. The van der Waals surface area contributed by atoms with Crippen molar-refractivity contribution in [2.75, 3.05) is 6.54 Å². The molecule has 3 nitrogen and oxygen atoms in total. The maximum atomic E-state index is 10.1. The Morgan fingerprint density at radius 2 is 2.43 bits per heavy atom. The summed E-state index contributed by atoms with van der Waals surface area (Å²) in [5.41, 5.74) is 5.02. The predicted molar refractivity (Wildman–Crippen MR) is 29.7 cm³/mol. The molecular formula is C3H9NO2Si. The summed E-state index contributed by atoms with van der Waals surface area (Å²) >= 11 is 0. The van der Waals surface area contributed by atoms with E-state index in [1.165, 1.54) is 0 Å². The van der Waals surface area contributed by atoms with E-state index >= 15 is 0 Å². The quantitative estimate of drug-likeness (QED) is 0.434. The van der Waals surface area contributed by atoms with Crippen molar-refractivity contribution in [1.82, 2.24) is 0 Å². The predicted octanol–water partition coefficient (Wildman–Crippen LogP) is -1.84. The molecule has 0 bridgehead atoms.